The molecule has 2 rings (SSSR count). The van der Waals surface area contributed by atoms with Crippen LogP contribution in [-0.2, 0) is 17.8 Å². The highest BCUT2D eigenvalue weighted by Crippen LogP contribution is 2.10. The number of nitrogens with zero attached hydrogens (tertiary/aromatic N) is 1. The lowest BCUT2D eigenvalue weighted by Crippen LogP contribution is -2.43. The van der Waals surface area contributed by atoms with Gasteiger partial charge >= 0.3 is 0 Å². The molecule has 0 bridgehead atoms. The van der Waals surface area contributed by atoms with Gasteiger partial charge in [0.25, 0.3) is 0 Å². The molecule has 0 spiro atoms. The van der Waals surface area contributed by atoms with E-state index in [-0.39, 0.29) is 36.4 Å². The molecule has 1 amide bonds. The lowest BCUT2D eigenvalue weighted by atomic mass is 10.2. The molecule has 1 aromatic heterocycles. The Labute approximate surface area is 175 Å². The van der Waals surface area contributed by atoms with Gasteiger partial charge in [0.05, 0.1) is 13.7 Å². The zero-order valence-electron chi connectivity index (χ0n) is 15.0. The molecule has 0 aliphatic carbocycles. The molecule has 0 aliphatic rings. The van der Waals surface area contributed by atoms with Crippen LogP contribution in [0.5, 0.6) is 5.75 Å². The zero-order valence-corrected chi connectivity index (χ0v) is 18.1. The van der Waals surface area contributed by atoms with Crippen LogP contribution < -0.4 is 20.7 Å². The molecule has 0 saturated heterocycles. The minimum Gasteiger partial charge on any atom is -0.497 e. The Bertz CT molecular complexity index is 675. The van der Waals surface area contributed by atoms with Crippen molar-refractivity contribution in [3.8, 4) is 5.75 Å². The molecule has 8 heteroatoms. The molecule has 142 valence electrons. The van der Waals surface area contributed by atoms with Crippen molar-refractivity contribution in [2.45, 2.75) is 13.0 Å². The summed E-state index contributed by atoms with van der Waals surface area (Å²) in [6.07, 6.45) is 0.933. The first-order valence-electron chi connectivity index (χ1n) is 8.08. The van der Waals surface area contributed by atoms with Crippen LogP contribution in [0.3, 0.4) is 0 Å². The van der Waals surface area contributed by atoms with Crippen LogP contribution in [0, 0.1) is 0 Å². The summed E-state index contributed by atoms with van der Waals surface area (Å²) in [6, 6.07) is 11.8. The Balaban J connectivity index is 0.00000338. The molecule has 26 heavy (non-hydrogen) atoms. The summed E-state index contributed by atoms with van der Waals surface area (Å²) in [4.78, 5) is 17.4. The third-order valence-corrected chi connectivity index (χ3v) is 4.47. The van der Waals surface area contributed by atoms with E-state index in [4.69, 9.17) is 4.74 Å². The second-order valence-electron chi connectivity index (χ2n) is 5.31. The average molecular weight is 488 g/mol. The number of ether oxygens (including phenoxy) is 1. The molecule has 3 N–H and O–H groups in total. The standard InChI is InChI=1S/C18H24N4O2S.HI/c1-19-18(20-10-9-16-4-3-11-25-16)22-13-17(23)21-12-14-5-7-15(24-2)8-6-14;/h3-8,11H,9-10,12-13H2,1-2H3,(H,21,23)(H2,19,20,22);1H. The minimum absolute atomic E-state index is 0. The highest BCUT2D eigenvalue weighted by atomic mass is 127. The van der Waals surface area contributed by atoms with E-state index in [1.165, 1.54) is 4.88 Å². The predicted molar refractivity (Wildman–Crippen MR) is 118 cm³/mol. The topological polar surface area (TPSA) is 74.8 Å². The first-order valence-corrected chi connectivity index (χ1v) is 8.95. The number of methoxy groups -OCH3 is 1. The smallest absolute Gasteiger partial charge is 0.239 e. The Morgan fingerprint density at radius 2 is 1.92 bits per heavy atom. The Morgan fingerprint density at radius 3 is 2.54 bits per heavy atom. The Morgan fingerprint density at radius 1 is 1.15 bits per heavy atom. The van der Waals surface area contributed by atoms with Gasteiger partial charge in [0.15, 0.2) is 5.96 Å². The average Bonchev–Trinajstić information content (AvgIpc) is 3.16. The van der Waals surface area contributed by atoms with Crippen LogP contribution in [0.25, 0.3) is 0 Å². The number of nitrogens with one attached hydrogen (secondary N) is 3. The van der Waals surface area contributed by atoms with Gasteiger partial charge < -0.3 is 20.7 Å². The van der Waals surface area contributed by atoms with Gasteiger partial charge in [0.1, 0.15) is 5.75 Å². The summed E-state index contributed by atoms with van der Waals surface area (Å²) in [5.74, 6) is 1.34. The van der Waals surface area contributed by atoms with Crippen molar-refractivity contribution in [3.63, 3.8) is 0 Å². The van der Waals surface area contributed by atoms with Gasteiger partial charge in [-0.3, -0.25) is 9.79 Å². The summed E-state index contributed by atoms with van der Waals surface area (Å²) >= 11 is 1.73. The van der Waals surface area contributed by atoms with Crippen LogP contribution in [0.4, 0.5) is 0 Å². The second-order valence-corrected chi connectivity index (χ2v) is 6.34. The molecule has 1 aromatic carbocycles. The number of amides is 1. The monoisotopic (exact) mass is 488 g/mol. The van der Waals surface area contributed by atoms with Crippen LogP contribution >= 0.6 is 35.3 Å². The van der Waals surface area contributed by atoms with Crippen molar-refractivity contribution in [2.24, 2.45) is 4.99 Å². The number of hydrogen-bond acceptors (Lipinski definition) is 4. The van der Waals surface area contributed by atoms with Gasteiger partial charge in [-0.15, -0.1) is 35.3 Å². The number of aliphatic imine (C=N–C) groups is 1. The maximum absolute atomic E-state index is 11.9. The number of thiophene rings is 1. The fourth-order valence-corrected chi connectivity index (χ4v) is 2.86. The Kier molecular flexibility index (Phi) is 10.7. The van der Waals surface area contributed by atoms with Gasteiger partial charge in [-0.25, -0.2) is 0 Å². The molecule has 2 aromatic rings. The van der Waals surface area contributed by atoms with Gasteiger partial charge in [-0.1, -0.05) is 18.2 Å². The fraction of sp³-hybridized carbons (Fsp3) is 0.333. The molecular formula is C18H25IN4O2S. The largest absolute Gasteiger partial charge is 0.497 e. The van der Waals surface area contributed by atoms with E-state index in [2.05, 4.69) is 32.4 Å². The summed E-state index contributed by atoms with van der Waals surface area (Å²) in [5, 5.41) is 11.2. The van der Waals surface area contributed by atoms with Gasteiger partial charge in [-0.2, -0.15) is 0 Å². The van der Waals surface area contributed by atoms with E-state index in [0.717, 1.165) is 24.3 Å². The predicted octanol–water partition coefficient (Wildman–Crippen LogP) is 2.40. The van der Waals surface area contributed by atoms with Crippen molar-refractivity contribution in [3.05, 3.63) is 52.2 Å². The maximum Gasteiger partial charge on any atom is 0.239 e. The normalized spacial score (nSPS) is 10.6. The molecule has 6 nitrogen and oxygen atoms in total. The highest BCUT2D eigenvalue weighted by molar-refractivity contribution is 14.0. The van der Waals surface area contributed by atoms with Crippen LogP contribution in [-0.4, -0.2) is 39.1 Å². The quantitative estimate of drug-likeness (QED) is 0.303. The molecular weight excluding hydrogens is 463 g/mol. The summed E-state index contributed by atoms with van der Waals surface area (Å²) in [6.45, 7) is 1.43. The number of carbonyl (C=O) groups excluding carboxylic acids is 1. The first-order chi connectivity index (χ1) is 12.2. The van der Waals surface area contributed by atoms with Gasteiger partial charge in [0.2, 0.25) is 5.91 Å². The first kappa shape index (κ1) is 22.2. The minimum atomic E-state index is -0.0861. The molecule has 0 fully saturated rings. The summed E-state index contributed by atoms with van der Waals surface area (Å²) < 4.78 is 5.11. The number of hydrogen-bond donors (Lipinski definition) is 3. The van der Waals surface area contributed by atoms with E-state index in [0.29, 0.717) is 12.5 Å². The lowest BCUT2D eigenvalue weighted by molar-refractivity contribution is -0.120. The number of rotatable bonds is 8. The van der Waals surface area contributed by atoms with E-state index in [1.54, 1.807) is 25.5 Å². The van der Waals surface area contributed by atoms with Crippen LogP contribution in [0.2, 0.25) is 0 Å². The third kappa shape index (κ3) is 8.05. The van der Waals surface area contributed by atoms with Crippen LogP contribution in [0.15, 0.2) is 46.8 Å². The third-order valence-electron chi connectivity index (χ3n) is 3.53. The molecule has 0 aliphatic heterocycles. The summed E-state index contributed by atoms with van der Waals surface area (Å²) in [5.41, 5.74) is 1.02. The summed E-state index contributed by atoms with van der Waals surface area (Å²) in [7, 11) is 3.32. The molecule has 1 heterocycles. The zero-order chi connectivity index (χ0) is 17.9. The van der Waals surface area contributed by atoms with E-state index >= 15 is 0 Å². The van der Waals surface area contributed by atoms with Crippen molar-refractivity contribution in [2.75, 3.05) is 27.2 Å². The van der Waals surface area contributed by atoms with Crippen molar-refractivity contribution in [1.29, 1.82) is 0 Å². The highest BCUT2D eigenvalue weighted by Gasteiger charge is 2.04. The van der Waals surface area contributed by atoms with E-state index < -0.39 is 0 Å². The Hall–Kier alpha value is -1.81. The van der Waals surface area contributed by atoms with Gasteiger partial charge in [0, 0.05) is 25.0 Å². The van der Waals surface area contributed by atoms with Crippen molar-refractivity contribution < 1.29 is 9.53 Å². The molecule has 0 radical (unpaired) electrons. The molecule has 0 saturated carbocycles. The fourth-order valence-electron chi connectivity index (χ4n) is 2.15. The van der Waals surface area contributed by atoms with E-state index in [9.17, 15) is 4.79 Å². The van der Waals surface area contributed by atoms with Crippen molar-refractivity contribution >= 4 is 47.2 Å². The molecule has 0 unspecified atom stereocenters. The van der Waals surface area contributed by atoms with Crippen molar-refractivity contribution in [1.82, 2.24) is 16.0 Å². The molecule has 0 atom stereocenters. The van der Waals surface area contributed by atoms with E-state index in [1.807, 2.05) is 30.3 Å². The number of benzene rings is 1. The number of guanidine groups is 1. The second kappa shape index (κ2) is 12.5. The SMILES string of the molecule is CN=C(NCCc1cccs1)NCC(=O)NCc1ccc(OC)cc1.I. The lowest BCUT2D eigenvalue weighted by Gasteiger charge is -2.12. The number of halogens is 1. The maximum atomic E-state index is 11.9. The van der Waals surface area contributed by atoms with Gasteiger partial charge in [-0.05, 0) is 35.6 Å². The van der Waals surface area contributed by atoms with Crippen LogP contribution in [0.1, 0.15) is 10.4 Å². The number of carbonyl (C=O) groups is 1.